The zero-order valence-corrected chi connectivity index (χ0v) is 22.9. The van der Waals surface area contributed by atoms with E-state index in [0.717, 1.165) is 41.2 Å². The van der Waals surface area contributed by atoms with Gasteiger partial charge in [0.25, 0.3) is 0 Å². The van der Waals surface area contributed by atoms with E-state index in [1.54, 1.807) is 46.9 Å². The molecule has 2 aliphatic rings. The molecular weight excluding hydrogens is 540 g/mol. The van der Waals surface area contributed by atoms with Gasteiger partial charge in [-0.05, 0) is 35.4 Å². The zero-order valence-electron chi connectivity index (χ0n) is 21.3. The van der Waals surface area contributed by atoms with Crippen LogP contribution >= 0.6 is 22.7 Å². The number of hydrogen-bond acceptors (Lipinski definition) is 6. The molecule has 2 aliphatic carbocycles. The Balaban J connectivity index is 1.26. The van der Waals surface area contributed by atoms with Crippen molar-refractivity contribution < 1.29 is 19.2 Å². The fourth-order valence-electron chi connectivity index (χ4n) is 5.96. The lowest BCUT2D eigenvalue weighted by atomic mass is 10.1. The molecular formula is C32H18N2O4S2. The Labute approximate surface area is 235 Å². The van der Waals surface area contributed by atoms with Crippen molar-refractivity contribution in [2.24, 2.45) is 14.1 Å². The van der Waals surface area contributed by atoms with Crippen LogP contribution in [0.2, 0.25) is 0 Å². The van der Waals surface area contributed by atoms with Crippen LogP contribution in [0.15, 0.2) is 60.7 Å². The highest BCUT2D eigenvalue weighted by molar-refractivity contribution is 7.31. The number of aromatic nitrogens is 2. The summed E-state index contributed by atoms with van der Waals surface area (Å²) in [5, 5.41) is 0. The van der Waals surface area contributed by atoms with Crippen molar-refractivity contribution in [3.63, 3.8) is 0 Å². The van der Waals surface area contributed by atoms with Crippen molar-refractivity contribution in [2.75, 3.05) is 0 Å². The minimum Gasteiger partial charge on any atom is -0.342 e. The molecule has 0 saturated carbocycles. The van der Waals surface area contributed by atoms with Crippen LogP contribution in [0.4, 0.5) is 0 Å². The molecule has 4 heterocycles. The summed E-state index contributed by atoms with van der Waals surface area (Å²) in [6.45, 7) is 0. The molecule has 40 heavy (non-hydrogen) atoms. The Hall–Kier alpha value is -4.66. The van der Waals surface area contributed by atoms with Crippen LogP contribution in [0.25, 0.3) is 53.9 Å². The first kappa shape index (κ1) is 23.2. The quantitative estimate of drug-likeness (QED) is 0.178. The number of carbonyl (C=O) groups excluding carboxylic acids is 4. The molecule has 192 valence electrons. The predicted molar refractivity (Wildman–Crippen MR) is 160 cm³/mol. The summed E-state index contributed by atoms with van der Waals surface area (Å²) in [5.74, 6) is -1.84. The Morgan fingerprint density at radius 1 is 0.600 bits per heavy atom. The van der Waals surface area contributed by atoms with Gasteiger partial charge in [0.1, 0.15) is 0 Å². The van der Waals surface area contributed by atoms with Gasteiger partial charge in [-0.3, -0.25) is 19.2 Å². The van der Waals surface area contributed by atoms with Crippen LogP contribution in [0.3, 0.4) is 0 Å². The second-order valence-corrected chi connectivity index (χ2v) is 12.2. The number of carbonyl (C=O) groups is 4. The van der Waals surface area contributed by atoms with Gasteiger partial charge < -0.3 is 9.13 Å². The summed E-state index contributed by atoms with van der Waals surface area (Å²) in [6.07, 6.45) is 3.65. The molecule has 0 N–H and O–H groups in total. The van der Waals surface area contributed by atoms with Crippen LogP contribution in [-0.4, -0.2) is 32.3 Å². The van der Waals surface area contributed by atoms with Gasteiger partial charge in [-0.15, -0.1) is 22.7 Å². The van der Waals surface area contributed by atoms with Crippen LogP contribution in [0, 0.1) is 0 Å². The Bertz CT molecular complexity index is 2260. The first-order valence-electron chi connectivity index (χ1n) is 12.6. The fourth-order valence-corrected chi connectivity index (χ4v) is 8.54. The summed E-state index contributed by atoms with van der Waals surface area (Å²) in [5.41, 5.74) is 7.23. The highest BCUT2D eigenvalue weighted by Crippen LogP contribution is 2.45. The molecule has 8 heteroatoms. The predicted octanol–water partition coefficient (Wildman–Crippen LogP) is 6.56. The van der Waals surface area contributed by atoms with Gasteiger partial charge in [0.2, 0.25) is 23.1 Å². The molecule has 0 aliphatic heterocycles. The maximum atomic E-state index is 12.8. The van der Waals surface area contributed by atoms with Crippen molar-refractivity contribution in [3.8, 4) is 0 Å². The lowest BCUT2D eigenvalue weighted by molar-refractivity contribution is -0.110. The molecule has 0 amide bonds. The lowest BCUT2D eigenvalue weighted by Crippen LogP contribution is -2.05. The lowest BCUT2D eigenvalue weighted by Gasteiger charge is -2.03. The van der Waals surface area contributed by atoms with E-state index in [1.165, 1.54) is 0 Å². The van der Waals surface area contributed by atoms with E-state index in [1.807, 2.05) is 50.5 Å². The number of Topliss-reactive ketones (excluding diaryl/α,β-unsaturated/α-hetero) is 4. The van der Waals surface area contributed by atoms with Gasteiger partial charge in [0.05, 0.1) is 30.6 Å². The van der Waals surface area contributed by atoms with E-state index in [9.17, 15) is 19.2 Å². The van der Waals surface area contributed by atoms with Gasteiger partial charge in [0.15, 0.2) is 0 Å². The minimum absolute atomic E-state index is 0.428. The summed E-state index contributed by atoms with van der Waals surface area (Å²) >= 11 is 3.29. The van der Waals surface area contributed by atoms with E-state index in [2.05, 4.69) is 21.3 Å². The highest BCUT2D eigenvalue weighted by atomic mass is 32.1. The van der Waals surface area contributed by atoms with E-state index in [-0.39, 0.29) is 0 Å². The third kappa shape index (κ3) is 2.92. The molecule has 4 aromatic heterocycles. The minimum atomic E-state index is -0.470. The Kier molecular flexibility index (Phi) is 4.61. The van der Waals surface area contributed by atoms with Crippen LogP contribution in [0.5, 0.6) is 0 Å². The van der Waals surface area contributed by atoms with E-state index in [4.69, 9.17) is 0 Å². The molecule has 6 aromatic rings. The van der Waals surface area contributed by atoms with E-state index in [0.29, 0.717) is 33.4 Å². The van der Waals surface area contributed by atoms with Crippen LogP contribution in [-0.2, 0) is 23.7 Å². The monoisotopic (exact) mass is 558 g/mol. The molecule has 0 radical (unpaired) electrons. The number of rotatable bonds is 2. The Morgan fingerprint density at radius 2 is 1.18 bits per heavy atom. The molecule has 8 rings (SSSR count). The first-order valence-corrected chi connectivity index (χ1v) is 14.3. The normalized spacial score (nSPS) is 17.1. The van der Waals surface area contributed by atoms with Gasteiger partial charge in [-0.1, -0.05) is 48.5 Å². The maximum Gasteiger partial charge on any atom is 0.234 e. The van der Waals surface area contributed by atoms with Gasteiger partial charge >= 0.3 is 0 Å². The summed E-state index contributed by atoms with van der Waals surface area (Å²) in [7, 11) is 4.01. The molecule has 0 saturated heterocycles. The standard InChI is InChI=1S/C32H18N2O4S2/c1-33-15(11-21-17-7-3-5-9-19(17)27(35)29(21)37)12-24-25(33)26-32(40-24)31-23(34(26)2)14-16(39-31)13-22-18-8-4-6-10-20(18)28(36)30(22)38/h3-14H,1-2H3/b21-11-,22-13-. The second-order valence-electron chi connectivity index (χ2n) is 10.1. The molecule has 0 bridgehead atoms. The molecule has 6 nitrogen and oxygen atoms in total. The smallest absolute Gasteiger partial charge is 0.234 e. The third-order valence-electron chi connectivity index (χ3n) is 7.93. The fraction of sp³-hybridized carbons (Fsp3) is 0.0625. The number of benzene rings is 2. The average molecular weight is 559 g/mol. The van der Waals surface area contributed by atoms with Gasteiger partial charge in [-0.25, -0.2) is 0 Å². The van der Waals surface area contributed by atoms with Gasteiger partial charge in [0, 0.05) is 46.9 Å². The highest BCUT2D eigenvalue weighted by Gasteiger charge is 2.34. The van der Waals surface area contributed by atoms with E-state index < -0.39 is 23.1 Å². The topological polar surface area (TPSA) is 78.1 Å². The average Bonchev–Trinajstić information content (AvgIpc) is 3.76. The van der Waals surface area contributed by atoms with Gasteiger partial charge in [-0.2, -0.15) is 0 Å². The zero-order chi connectivity index (χ0) is 27.4. The van der Waals surface area contributed by atoms with Crippen molar-refractivity contribution in [2.45, 2.75) is 0 Å². The number of fused-ring (bicyclic) bond motifs is 7. The number of allylic oxidation sites excluding steroid dienone is 2. The van der Waals surface area contributed by atoms with E-state index >= 15 is 0 Å². The van der Waals surface area contributed by atoms with Crippen LogP contribution in [0.1, 0.15) is 42.4 Å². The Morgan fingerprint density at radius 3 is 1.80 bits per heavy atom. The summed E-state index contributed by atoms with van der Waals surface area (Å²) < 4.78 is 7.60. The van der Waals surface area contributed by atoms with Crippen molar-refractivity contribution in [1.29, 1.82) is 0 Å². The largest absolute Gasteiger partial charge is 0.342 e. The number of hydrogen-bond donors (Lipinski definition) is 0. The molecule has 0 unspecified atom stereocenters. The third-order valence-corrected chi connectivity index (χ3v) is 10.3. The van der Waals surface area contributed by atoms with Crippen molar-refractivity contribution >= 4 is 99.8 Å². The molecule has 0 spiro atoms. The maximum absolute atomic E-state index is 12.8. The second kappa shape index (κ2) is 7.94. The number of ketones is 4. The SMILES string of the molecule is Cn1c(/C=C2\C(=O)C(=O)c3ccccc32)cc2sc3c4sc(/C=C5\C(=O)C(=O)c6ccccc65)cc4n(C)c3c21. The van der Waals surface area contributed by atoms with Crippen LogP contribution < -0.4 is 0 Å². The number of aryl methyl sites for hydroxylation is 2. The molecule has 2 aromatic carbocycles. The molecule has 0 atom stereocenters. The summed E-state index contributed by atoms with van der Waals surface area (Å²) in [4.78, 5) is 51.3. The summed E-state index contributed by atoms with van der Waals surface area (Å²) in [6, 6.07) is 18.4. The molecule has 0 fully saturated rings. The number of nitrogens with zero attached hydrogens (tertiary/aromatic N) is 2. The number of thiophene rings is 2. The van der Waals surface area contributed by atoms with Crippen molar-refractivity contribution in [3.05, 3.63) is 93.5 Å². The van der Waals surface area contributed by atoms with Crippen molar-refractivity contribution in [1.82, 2.24) is 9.13 Å². The first-order chi connectivity index (χ1) is 19.3.